The van der Waals surface area contributed by atoms with Gasteiger partial charge >= 0.3 is 0 Å². The van der Waals surface area contributed by atoms with E-state index in [0.29, 0.717) is 37.1 Å². The SMILES string of the molecule is C=C1CC(C)(C)C(=O)N(CCCCCCCCN2C(=O)C(=C)CC(C)(C)C2=O)C1=O. The highest BCUT2D eigenvalue weighted by Gasteiger charge is 2.42. The zero-order valence-electron chi connectivity index (χ0n) is 19.0. The lowest BCUT2D eigenvalue weighted by molar-refractivity contribution is -0.153. The quantitative estimate of drug-likeness (QED) is 0.323. The van der Waals surface area contributed by atoms with Gasteiger partial charge in [0.1, 0.15) is 0 Å². The Morgan fingerprint density at radius 2 is 0.933 bits per heavy atom. The van der Waals surface area contributed by atoms with Crippen LogP contribution in [0, 0.1) is 10.8 Å². The van der Waals surface area contributed by atoms with Crippen molar-refractivity contribution in [2.75, 3.05) is 13.1 Å². The Balaban J connectivity index is 1.67. The maximum atomic E-state index is 12.5. The predicted molar refractivity (Wildman–Crippen MR) is 116 cm³/mol. The summed E-state index contributed by atoms with van der Waals surface area (Å²) in [5, 5.41) is 0. The van der Waals surface area contributed by atoms with Crippen LogP contribution in [0.25, 0.3) is 0 Å². The van der Waals surface area contributed by atoms with Crippen molar-refractivity contribution in [2.24, 2.45) is 10.8 Å². The van der Waals surface area contributed by atoms with Crippen molar-refractivity contribution in [3.05, 3.63) is 24.3 Å². The molecule has 0 spiro atoms. The lowest BCUT2D eigenvalue weighted by Crippen LogP contribution is -2.50. The van der Waals surface area contributed by atoms with Gasteiger partial charge in [-0.15, -0.1) is 0 Å². The molecule has 6 nitrogen and oxygen atoms in total. The summed E-state index contributed by atoms with van der Waals surface area (Å²) in [7, 11) is 0. The largest absolute Gasteiger partial charge is 0.278 e. The van der Waals surface area contributed by atoms with E-state index in [1.807, 2.05) is 27.7 Å². The number of nitrogens with zero attached hydrogens (tertiary/aromatic N) is 2. The third-order valence-electron chi connectivity index (χ3n) is 6.07. The normalized spacial score (nSPS) is 21.6. The van der Waals surface area contributed by atoms with Crippen molar-refractivity contribution >= 4 is 23.6 Å². The first kappa shape index (κ1) is 24.0. The highest BCUT2D eigenvalue weighted by molar-refractivity contribution is 6.09. The molecule has 0 aliphatic carbocycles. The van der Waals surface area contributed by atoms with E-state index in [-0.39, 0.29) is 23.6 Å². The van der Waals surface area contributed by atoms with Gasteiger partial charge in [-0.25, -0.2) is 0 Å². The van der Waals surface area contributed by atoms with Crippen molar-refractivity contribution in [3.63, 3.8) is 0 Å². The fraction of sp³-hybridized carbons (Fsp3) is 0.667. The van der Waals surface area contributed by atoms with Gasteiger partial charge in [0.25, 0.3) is 11.8 Å². The van der Waals surface area contributed by atoms with Crippen LogP contribution in [-0.2, 0) is 19.2 Å². The number of hydrogen-bond acceptors (Lipinski definition) is 4. The molecule has 30 heavy (non-hydrogen) atoms. The first-order valence-corrected chi connectivity index (χ1v) is 11.0. The molecular weight excluding hydrogens is 380 g/mol. The third kappa shape index (κ3) is 5.27. The summed E-state index contributed by atoms with van der Waals surface area (Å²) >= 11 is 0. The van der Waals surface area contributed by atoms with E-state index in [9.17, 15) is 19.2 Å². The summed E-state index contributed by atoms with van der Waals surface area (Å²) in [4.78, 5) is 52.1. The minimum absolute atomic E-state index is 0.111. The van der Waals surface area contributed by atoms with Crippen LogP contribution < -0.4 is 0 Å². The summed E-state index contributed by atoms with van der Waals surface area (Å²) in [5.41, 5.74) is -0.109. The number of piperidine rings is 2. The summed E-state index contributed by atoms with van der Waals surface area (Å²) < 4.78 is 0. The van der Waals surface area contributed by atoms with Gasteiger partial charge in [-0.3, -0.25) is 29.0 Å². The van der Waals surface area contributed by atoms with Gasteiger partial charge in [0.15, 0.2) is 0 Å². The highest BCUT2D eigenvalue weighted by atomic mass is 16.2. The molecule has 0 bridgehead atoms. The van der Waals surface area contributed by atoms with E-state index in [2.05, 4.69) is 13.2 Å². The van der Waals surface area contributed by atoms with E-state index in [1.165, 1.54) is 9.80 Å². The van der Waals surface area contributed by atoms with Gasteiger partial charge in [0.05, 0.1) is 0 Å². The Bertz CT molecular complexity index is 699. The molecule has 0 saturated carbocycles. The maximum Gasteiger partial charge on any atom is 0.255 e. The molecule has 0 aromatic carbocycles. The van der Waals surface area contributed by atoms with Crippen LogP contribution in [0.3, 0.4) is 0 Å². The first-order chi connectivity index (χ1) is 13.9. The van der Waals surface area contributed by atoms with Crippen LogP contribution >= 0.6 is 0 Å². The molecule has 0 atom stereocenters. The van der Waals surface area contributed by atoms with Gasteiger partial charge in [-0.05, 0) is 25.7 Å². The Kier molecular flexibility index (Phi) is 7.43. The van der Waals surface area contributed by atoms with E-state index in [1.54, 1.807) is 0 Å². The van der Waals surface area contributed by atoms with Gasteiger partial charge in [-0.1, -0.05) is 66.5 Å². The average molecular weight is 417 g/mol. The predicted octanol–water partition coefficient (Wildman–Crippen LogP) is 4.01. The second-order valence-corrected chi connectivity index (χ2v) is 9.97. The molecular formula is C24H36N2O4. The zero-order valence-corrected chi connectivity index (χ0v) is 19.0. The Labute approximate surface area is 180 Å². The molecule has 6 heteroatoms. The van der Waals surface area contributed by atoms with Crippen LogP contribution in [0.15, 0.2) is 24.3 Å². The molecule has 4 amide bonds. The second-order valence-electron chi connectivity index (χ2n) is 9.97. The van der Waals surface area contributed by atoms with Gasteiger partial charge < -0.3 is 0 Å². The molecule has 0 unspecified atom stereocenters. The van der Waals surface area contributed by atoms with E-state index in [0.717, 1.165) is 38.5 Å². The van der Waals surface area contributed by atoms with Crippen LogP contribution in [0.1, 0.15) is 79.1 Å². The molecule has 0 radical (unpaired) electrons. The summed E-state index contributed by atoms with van der Waals surface area (Å²) in [6, 6.07) is 0. The van der Waals surface area contributed by atoms with Crippen LogP contribution in [0.2, 0.25) is 0 Å². The number of carbonyl (C=O) groups excluding carboxylic acids is 4. The topological polar surface area (TPSA) is 74.8 Å². The fourth-order valence-electron chi connectivity index (χ4n) is 4.32. The van der Waals surface area contributed by atoms with Crippen LogP contribution in [-0.4, -0.2) is 46.5 Å². The Morgan fingerprint density at radius 1 is 0.633 bits per heavy atom. The minimum atomic E-state index is -0.561. The van der Waals surface area contributed by atoms with Crippen molar-refractivity contribution in [3.8, 4) is 0 Å². The Morgan fingerprint density at radius 3 is 1.27 bits per heavy atom. The van der Waals surface area contributed by atoms with Crippen LogP contribution in [0.5, 0.6) is 0 Å². The number of hydrogen-bond donors (Lipinski definition) is 0. The van der Waals surface area contributed by atoms with Gasteiger partial charge in [0, 0.05) is 35.1 Å². The van der Waals surface area contributed by atoms with Crippen LogP contribution in [0.4, 0.5) is 0 Å². The van der Waals surface area contributed by atoms with Crippen molar-refractivity contribution in [1.29, 1.82) is 0 Å². The molecule has 2 aliphatic heterocycles. The highest BCUT2D eigenvalue weighted by Crippen LogP contribution is 2.34. The summed E-state index contributed by atoms with van der Waals surface area (Å²) in [6.07, 6.45) is 6.23. The van der Waals surface area contributed by atoms with Crippen molar-refractivity contribution in [2.45, 2.75) is 79.1 Å². The average Bonchev–Trinajstić information content (AvgIpc) is 2.65. The lowest BCUT2D eigenvalue weighted by Gasteiger charge is -2.36. The first-order valence-electron chi connectivity index (χ1n) is 11.0. The summed E-state index contributed by atoms with van der Waals surface area (Å²) in [5.74, 6) is -0.694. The molecule has 2 heterocycles. The maximum absolute atomic E-state index is 12.5. The van der Waals surface area contributed by atoms with E-state index >= 15 is 0 Å². The smallest absolute Gasteiger partial charge is 0.255 e. The molecule has 2 aliphatic rings. The standard InChI is InChI=1S/C24H36N2O4/c1-17-15-23(3,4)21(29)25(19(17)27)13-11-9-7-8-10-12-14-26-20(28)18(2)16-24(5,6)22(26)30/h1-2,7-16H2,3-6H3. The molecule has 2 rings (SSSR count). The lowest BCUT2D eigenvalue weighted by atomic mass is 9.80. The Hall–Kier alpha value is -2.24. The number of likely N-dealkylation sites (tertiary alicyclic amines) is 2. The molecule has 0 aromatic heterocycles. The monoisotopic (exact) mass is 416 g/mol. The van der Waals surface area contributed by atoms with E-state index in [4.69, 9.17) is 0 Å². The van der Waals surface area contributed by atoms with Crippen molar-refractivity contribution in [1.82, 2.24) is 9.80 Å². The number of carbonyl (C=O) groups is 4. The second kappa shape index (κ2) is 9.27. The fourth-order valence-corrected chi connectivity index (χ4v) is 4.32. The van der Waals surface area contributed by atoms with Gasteiger partial charge in [0.2, 0.25) is 11.8 Å². The van der Waals surface area contributed by atoms with Crippen molar-refractivity contribution < 1.29 is 19.2 Å². The molecule has 0 N–H and O–H groups in total. The number of rotatable bonds is 9. The van der Waals surface area contributed by atoms with Gasteiger partial charge in [-0.2, -0.15) is 0 Å². The number of amides is 4. The molecule has 2 saturated heterocycles. The minimum Gasteiger partial charge on any atom is -0.278 e. The molecule has 2 fully saturated rings. The number of imide groups is 2. The van der Waals surface area contributed by atoms with E-state index < -0.39 is 10.8 Å². The molecule has 166 valence electrons. The third-order valence-corrected chi connectivity index (χ3v) is 6.07. The zero-order chi connectivity index (χ0) is 22.7. The molecule has 0 aromatic rings. The summed E-state index contributed by atoms with van der Waals surface area (Å²) in [6.45, 7) is 15.9. The number of unbranched alkanes of at least 4 members (excludes halogenated alkanes) is 5.